The van der Waals surface area contributed by atoms with Gasteiger partial charge in [0.1, 0.15) is 11.8 Å². The van der Waals surface area contributed by atoms with Gasteiger partial charge in [-0.15, -0.1) is 0 Å². The molecule has 0 aliphatic rings. The van der Waals surface area contributed by atoms with Crippen molar-refractivity contribution < 1.29 is 23.2 Å². The Kier molecular flexibility index (Phi) is 7.10. The van der Waals surface area contributed by atoms with Gasteiger partial charge < -0.3 is 30.1 Å². The maximum absolute atomic E-state index is 12.7. The monoisotopic (exact) mass is 424 g/mol. The van der Waals surface area contributed by atoms with Crippen molar-refractivity contribution in [3.05, 3.63) is 72.6 Å². The lowest BCUT2D eigenvalue weighted by molar-refractivity contribution is -0.118. The molecule has 31 heavy (non-hydrogen) atoms. The third-order valence-corrected chi connectivity index (χ3v) is 4.39. The van der Waals surface area contributed by atoms with Crippen molar-refractivity contribution in [3.63, 3.8) is 0 Å². The summed E-state index contributed by atoms with van der Waals surface area (Å²) in [4.78, 5) is 36.8. The molecular weight excluding hydrogens is 400 g/mol. The Morgan fingerprint density at radius 1 is 0.871 bits per heavy atom. The fourth-order valence-electron chi connectivity index (χ4n) is 2.77. The van der Waals surface area contributed by atoms with Crippen LogP contribution in [0.5, 0.6) is 0 Å². The first-order valence-electron chi connectivity index (χ1n) is 9.75. The number of anilines is 2. The maximum atomic E-state index is 12.7. The first-order chi connectivity index (χ1) is 14.9. The van der Waals surface area contributed by atoms with Crippen LogP contribution in [0.3, 0.4) is 0 Å². The molecule has 0 fully saturated rings. The summed E-state index contributed by atoms with van der Waals surface area (Å²) in [5.74, 6) is -0.172. The van der Waals surface area contributed by atoms with Crippen LogP contribution in [0.1, 0.15) is 30.2 Å². The molecule has 2 aromatic heterocycles. The predicted octanol–water partition coefficient (Wildman–Crippen LogP) is 3.59. The number of carbonyl (C=O) groups excluding carboxylic acids is 3. The quantitative estimate of drug-likeness (QED) is 0.440. The molecule has 0 saturated heterocycles. The topological polar surface area (TPSA) is 126 Å². The Hall–Kier alpha value is -4.01. The predicted molar refractivity (Wildman–Crippen MR) is 114 cm³/mol. The van der Waals surface area contributed by atoms with E-state index in [0.717, 1.165) is 0 Å². The number of benzene rings is 1. The van der Waals surface area contributed by atoms with Crippen LogP contribution in [0.2, 0.25) is 0 Å². The van der Waals surface area contributed by atoms with Crippen LogP contribution in [0.25, 0.3) is 0 Å². The highest BCUT2D eigenvalue weighted by Crippen LogP contribution is 2.15. The standard InChI is InChI=1S/C22H24N4O5/c1-14(2)19(26-20(27)18-6-4-12-31-18)21(28)24-15-7-9-16(10-8-15)25-22(29)23-13-17-5-3-11-30-17/h3-12,14,19H,13H2,1-2H3,(H,24,28)(H,26,27)(H2,23,25,29). The van der Waals surface area contributed by atoms with Crippen LogP contribution in [-0.4, -0.2) is 23.9 Å². The Morgan fingerprint density at radius 2 is 1.52 bits per heavy atom. The average molecular weight is 424 g/mol. The fourth-order valence-corrected chi connectivity index (χ4v) is 2.77. The smallest absolute Gasteiger partial charge is 0.319 e. The molecule has 162 valence electrons. The molecule has 9 heteroatoms. The summed E-state index contributed by atoms with van der Waals surface area (Å²) in [5, 5.41) is 10.8. The number of carbonyl (C=O) groups is 3. The third kappa shape index (κ3) is 6.23. The molecule has 0 aliphatic heterocycles. The zero-order chi connectivity index (χ0) is 22.2. The van der Waals surface area contributed by atoms with E-state index < -0.39 is 11.9 Å². The minimum atomic E-state index is -0.747. The van der Waals surface area contributed by atoms with Crippen molar-refractivity contribution in [2.24, 2.45) is 5.92 Å². The van der Waals surface area contributed by atoms with Crippen molar-refractivity contribution >= 4 is 29.2 Å². The third-order valence-electron chi connectivity index (χ3n) is 4.39. The van der Waals surface area contributed by atoms with Crippen molar-refractivity contribution in [1.29, 1.82) is 0 Å². The summed E-state index contributed by atoms with van der Waals surface area (Å²) in [7, 11) is 0. The highest BCUT2D eigenvalue weighted by atomic mass is 16.3. The van der Waals surface area contributed by atoms with E-state index in [-0.39, 0.29) is 30.2 Å². The first kappa shape index (κ1) is 21.7. The van der Waals surface area contributed by atoms with Crippen molar-refractivity contribution in [1.82, 2.24) is 10.6 Å². The van der Waals surface area contributed by atoms with Gasteiger partial charge in [-0.1, -0.05) is 13.8 Å². The van der Waals surface area contributed by atoms with Gasteiger partial charge in [0.25, 0.3) is 5.91 Å². The summed E-state index contributed by atoms with van der Waals surface area (Å²) in [6.07, 6.45) is 2.93. The Balaban J connectivity index is 1.52. The van der Waals surface area contributed by atoms with Crippen molar-refractivity contribution in [2.45, 2.75) is 26.4 Å². The zero-order valence-electron chi connectivity index (χ0n) is 17.2. The Morgan fingerprint density at radius 3 is 2.10 bits per heavy atom. The summed E-state index contributed by atoms with van der Waals surface area (Å²) in [6.45, 7) is 3.94. The highest BCUT2D eigenvalue weighted by Gasteiger charge is 2.25. The Bertz CT molecular complexity index is 995. The molecule has 1 unspecified atom stereocenters. The molecule has 4 N–H and O–H groups in total. The average Bonchev–Trinajstić information content (AvgIpc) is 3.45. The van der Waals surface area contributed by atoms with Crippen LogP contribution in [0.4, 0.5) is 16.2 Å². The van der Waals surface area contributed by atoms with Gasteiger partial charge in [-0.25, -0.2) is 4.79 Å². The van der Waals surface area contributed by atoms with Gasteiger partial charge in [0.15, 0.2) is 5.76 Å². The second-order valence-electron chi connectivity index (χ2n) is 7.13. The lowest BCUT2D eigenvalue weighted by Gasteiger charge is -2.21. The second kappa shape index (κ2) is 10.1. The van der Waals surface area contributed by atoms with E-state index in [2.05, 4.69) is 21.3 Å². The van der Waals surface area contributed by atoms with Crippen LogP contribution in [0, 0.1) is 5.92 Å². The summed E-state index contributed by atoms with van der Waals surface area (Å²) in [5.41, 5.74) is 1.09. The number of rotatable bonds is 8. The summed E-state index contributed by atoms with van der Waals surface area (Å²) in [6, 6.07) is 12.1. The van der Waals surface area contributed by atoms with E-state index in [1.165, 1.54) is 18.6 Å². The van der Waals surface area contributed by atoms with Gasteiger partial charge in [-0.2, -0.15) is 0 Å². The summed E-state index contributed by atoms with van der Waals surface area (Å²) >= 11 is 0. The number of hydrogen-bond donors (Lipinski definition) is 4. The Labute approximate surface area is 179 Å². The van der Waals surface area contributed by atoms with Crippen molar-refractivity contribution in [2.75, 3.05) is 10.6 Å². The van der Waals surface area contributed by atoms with Crippen LogP contribution in [-0.2, 0) is 11.3 Å². The molecule has 3 aromatic rings. The second-order valence-corrected chi connectivity index (χ2v) is 7.13. The molecule has 4 amide bonds. The first-order valence-corrected chi connectivity index (χ1v) is 9.75. The maximum Gasteiger partial charge on any atom is 0.319 e. The molecular formula is C22H24N4O5. The molecule has 1 atom stereocenters. The van der Waals surface area contributed by atoms with Crippen LogP contribution in [0.15, 0.2) is 69.9 Å². The molecule has 0 saturated carbocycles. The van der Waals surface area contributed by atoms with Gasteiger partial charge in [-0.3, -0.25) is 9.59 Å². The number of nitrogens with one attached hydrogen (secondary N) is 4. The molecule has 2 heterocycles. The van der Waals surface area contributed by atoms with Gasteiger partial charge in [-0.05, 0) is 54.4 Å². The molecule has 0 spiro atoms. The highest BCUT2D eigenvalue weighted by molar-refractivity contribution is 6.00. The van der Waals surface area contributed by atoms with Gasteiger partial charge in [0.2, 0.25) is 5.91 Å². The zero-order valence-corrected chi connectivity index (χ0v) is 17.2. The lowest BCUT2D eigenvalue weighted by Crippen LogP contribution is -2.47. The number of hydrogen-bond acceptors (Lipinski definition) is 5. The molecule has 0 bridgehead atoms. The number of urea groups is 1. The normalized spacial score (nSPS) is 11.6. The van der Waals surface area contributed by atoms with E-state index in [0.29, 0.717) is 17.1 Å². The molecule has 0 radical (unpaired) electrons. The summed E-state index contributed by atoms with van der Waals surface area (Å²) < 4.78 is 10.2. The van der Waals surface area contributed by atoms with E-state index in [1.54, 1.807) is 42.5 Å². The van der Waals surface area contributed by atoms with E-state index in [1.807, 2.05) is 13.8 Å². The number of furan rings is 2. The lowest BCUT2D eigenvalue weighted by atomic mass is 10.0. The fraction of sp³-hybridized carbons (Fsp3) is 0.227. The minimum absolute atomic E-state index is 0.138. The van der Waals surface area contributed by atoms with Crippen LogP contribution >= 0.6 is 0 Å². The minimum Gasteiger partial charge on any atom is -0.467 e. The molecule has 0 aliphatic carbocycles. The van der Waals surface area contributed by atoms with E-state index >= 15 is 0 Å². The largest absolute Gasteiger partial charge is 0.467 e. The van der Waals surface area contributed by atoms with Crippen molar-refractivity contribution in [3.8, 4) is 0 Å². The number of amides is 4. The SMILES string of the molecule is CC(C)C(NC(=O)c1ccco1)C(=O)Nc1ccc(NC(=O)NCc2ccco2)cc1. The van der Waals surface area contributed by atoms with Crippen LogP contribution < -0.4 is 21.3 Å². The molecule has 1 aromatic carbocycles. The van der Waals surface area contributed by atoms with E-state index in [4.69, 9.17) is 8.83 Å². The van der Waals surface area contributed by atoms with E-state index in [9.17, 15) is 14.4 Å². The van der Waals surface area contributed by atoms with Gasteiger partial charge >= 0.3 is 6.03 Å². The van der Waals surface area contributed by atoms with Gasteiger partial charge in [0, 0.05) is 11.4 Å². The molecule has 9 nitrogen and oxygen atoms in total. The van der Waals surface area contributed by atoms with Gasteiger partial charge in [0.05, 0.1) is 19.1 Å². The molecule has 3 rings (SSSR count).